The molecular weight excluding hydrogens is 451 g/mol. The van der Waals surface area contributed by atoms with E-state index >= 15 is 0 Å². The van der Waals surface area contributed by atoms with Crippen LogP contribution in [0.3, 0.4) is 0 Å². The van der Waals surface area contributed by atoms with Crippen LogP contribution in [-0.2, 0) is 19.5 Å². The summed E-state index contributed by atoms with van der Waals surface area (Å²) in [4.78, 5) is 0. The first-order chi connectivity index (χ1) is 12.9. The van der Waals surface area contributed by atoms with Crippen molar-refractivity contribution in [3.05, 3.63) is 121 Å². The fourth-order valence-electron chi connectivity index (χ4n) is 2.42. The molecule has 0 spiro atoms. The first-order valence-electron chi connectivity index (χ1n) is 8.64. The van der Waals surface area contributed by atoms with E-state index in [1.807, 2.05) is 0 Å². The quantitative estimate of drug-likeness (QED) is 0.300. The Bertz CT molecular complexity index is 715. The molecule has 0 nitrogen and oxygen atoms in total. The van der Waals surface area contributed by atoms with Crippen molar-refractivity contribution in [2.24, 2.45) is 0 Å². The second-order valence-electron chi connectivity index (χ2n) is 5.71. The molecule has 0 aromatic heterocycles. The molecule has 27 heavy (non-hydrogen) atoms. The topological polar surface area (TPSA) is 0 Å². The maximum atomic E-state index is 2.17. The molecule has 0 unspecified atom stereocenters. The fraction of sp³-hybridized carbons (Fsp3) is 0. The third-order valence-corrected chi connectivity index (χ3v) is 6.16. The molecule has 0 heterocycles. The molecule has 0 N–H and O–H groups in total. The van der Waals surface area contributed by atoms with Gasteiger partial charge in [-0.25, -0.2) is 0 Å². The van der Waals surface area contributed by atoms with Crippen molar-refractivity contribution in [2.45, 2.75) is 0 Å². The van der Waals surface area contributed by atoms with Gasteiger partial charge in [0.1, 0.15) is 0 Å². The van der Waals surface area contributed by atoms with Crippen LogP contribution in [0.25, 0.3) is 0 Å². The number of benzene rings is 4. The molecule has 0 aliphatic heterocycles. The van der Waals surface area contributed by atoms with Gasteiger partial charge in [-0.15, -0.1) is 0 Å². The van der Waals surface area contributed by atoms with E-state index in [4.69, 9.17) is 0 Å². The van der Waals surface area contributed by atoms with Crippen LogP contribution in [0.2, 0.25) is 0 Å². The Morgan fingerprint density at radius 3 is 0.667 bits per heavy atom. The van der Waals surface area contributed by atoms with Crippen molar-refractivity contribution in [3.63, 3.8) is 0 Å². The summed E-state index contributed by atoms with van der Waals surface area (Å²) in [5.74, 6) is 0. The second kappa shape index (κ2) is 12.7. The zero-order valence-corrected chi connectivity index (χ0v) is 18.6. The molecule has 0 bridgehead atoms. The Labute approximate surface area is 178 Å². The van der Waals surface area contributed by atoms with Gasteiger partial charge < -0.3 is 0 Å². The first kappa shape index (κ1) is 21.7. The molecule has 0 radical (unpaired) electrons. The van der Waals surface area contributed by atoms with E-state index in [-0.39, 0.29) is 19.5 Å². The van der Waals surface area contributed by atoms with Crippen LogP contribution in [0.15, 0.2) is 121 Å². The maximum Gasteiger partial charge on any atom is 0 e. The summed E-state index contributed by atoms with van der Waals surface area (Å²) in [6, 6.07) is 42.3. The minimum Gasteiger partial charge on any atom is -0.0622 e. The van der Waals surface area contributed by atoms with E-state index in [2.05, 4.69) is 121 Å². The molecule has 4 aromatic carbocycles. The molecule has 136 valence electrons. The van der Waals surface area contributed by atoms with Crippen LogP contribution < -0.4 is 21.2 Å². The second-order valence-corrected chi connectivity index (χ2v) is 8.52. The number of hydrogen-bond acceptors (Lipinski definition) is 0. The molecule has 4 rings (SSSR count). The molecular formula is C24H22P2Ru. The molecule has 0 atom stereocenters. The van der Waals surface area contributed by atoms with Gasteiger partial charge in [0.15, 0.2) is 0 Å². The Morgan fingerprint density at radius 2 is 0.481 bits per heavy atom. The normalized spacial score (nSPS) is 9.48. The molecule has 0 aliphatic carbocycles. The summed E-state index contributed by atoms with van der Waals surface area (Å²) >= 11 is 0. The van der Waals surface area contributed by atoms with Crippen molar-refractivity contribution in [1.29, 1.82) is 0 Å². The van der Waals surface area contributed by atoms with Gasteiger partial charge in [0.05, 0.1) is 0 Å². The summed E-state index contributed by atoms with van der Waals surface area (Å²) in [6.45, 7) is 0. The van der Waals surface area contributed by atoms with E-state index < -0.39 is 0 Å². The summed E-state index contributed by atoms with van der Waals surface area (Å²) in [5, 5.41) is 5.59. The third kappa shape index (κ3) is 8.28. The van der Waals surface area contributed by atoms with Gasteiger partial charge in [0, 0.05) is 19.5 Å². The van der Waals surface area contributed by atoms with Gasteiger partial charge >= 0.3 is 0 Å². The first-order valence-corrected chi connectivity index (χ1v) is 10.6. The molecule has 0 fully saturated rings. The van der Waals surface area contributed by atoms with Crippen molar-refractivity contribution in [3.8, 4) is 0 Å². The monoisotopic (exact) mass is 474 g/mol. The molecule has 0 aliphatic rings. The standard InChI is InChI=1S/2C12H11P.Ru/c2*1-3-7-11(8-4-1)13-12-9-5-2-6-10-12;/h2*1-10,13H;. The third-order valence-electron chi connectivity index (χ3n) is 3.67. The average molecular weight is 473 g/mol. The minimum atomic E-state index is 0. The van der Waals surface area contributed by atoms with Crippen molar-refractivity contribution >= 4 is 38.4 Å². The van der Waals surface area contributed by atoms with Crippen LogP contribution in [-0.4, -0.2) is 0 Å². The minimum absolute atomic E-state index is 0. The van der Waals surface area contributed by atoms with Gasteiger partial charge in [-0.1, -0.05) is 138 Å². The smallest absolute Gasteiger partial charge is 0 e. The zero-order valence-electron chi connectivity index (χ0n) is 14.9. The van der Waals surface area contributed by atoms with Gasteiger partial charge in [-0.2, -0.15) is 0 Å². The SMILES string of the molecule is [Ru].c1ccc(Pc2ccccc2)cc1.c1ccc(Pc2ccccc2)cc1. The van der Waals surface area contributed by atoms with Crippen molar-refractivity contribution < 1.29 is 19.5 Å². The van der Waals surface area contributed by atoms with Crippen LogP contribution >= 0.6 is 17.2 Å². The predicted octanol–water partition coefficient (Wildman–Crippen LogP) is 4.63. The largest absolute Gasteiger partial charge is 0.0622 e. The summed E-state index contributed by atoms with van der Waals surface area (Å²) in [6.07, 6.45) is 0. The van der Waals surface area contributed by atoms with E-state index in [9.17, 15) is 0 Å². The van der Waals surface area contributed by atoms with Crippen molar-refractivity contribution in [2.75, 3.05) is 0 Å². The number of hydrogen-bond donors (Lipinski definition) is 0. The number of rotatable bonds is 4. The molecule has 4 aromatic rings. The molecule has 0 saturated heterocycles. The van der Waals surface area contributed by atoms with Gasteiger partial charge in [-0.3, -0.25) is 0 Å². The van der Waals surface area contributed by atoms with Crippen LogP contribution in [0, 0.1) is 0 Å². The Hall–Kier alpha value is -1.64. The molecule has 3 heteroatoms. The van der Waals surface area contributed by atoms with Crippen LogP contribution in [0.4, 0.5) is 0 Å². The average Bonchev–Trinajstić information content (AvgIpc) is 2.72. The summed E-state index contributed by atoms with van der Waals surface area (Å²) in [5.41, 5.74) is 0. The van der Waals surface area contributed by atoms with E-state index in [1.165, 1.54) is 21.2 Å². The summed E-state index contributed by atoms with van der Waals surface area (Å²) in [7, 11) is 1.55. The van der Waals surface area contributed by atoms with Gasteiger partial charge in [0.25, 0.3) is 0 Å². The van der Waals surface area contributed by atoms with E-state index in [0.29, 0.717) is 0 Å². The van der Waals surface area contributed by atoms with E-state index in [0.717, 1.165) is 17.2 Å². The Morgan fingerprint density at radius 1 is 0.296 bits per heavy atom. The van der Waals surface area contributed by atoms with Crippen LogP contribution in [0.1, 0.15) is 0 Å². The Balaban J connectivity index is 0.000000187. The predicted molar refractivity (Wildman–Crippen MR) is 121 cm³/mol. The molecule has 0 amide bonds. The van der Waals surface area contributed by atoms with Crippen LogP contribution in [0.5, 0.6) is 0 Å². The zero-order chi connectivity index (χ0) is 17.9. The fourth-order valence-corrected chi connectivity index (χ4v) is 4.52. The molecule has 0 saturated carbocycles. The Kier molecular flexibility index (Phi) is 10.2. The summed E-state index contributed by atoms with van der Waals surface area (Å²) < 4.78 is 0. The van der Waals surface area contributed by atoms with Gasteiger partial charge in [0.2, 0.25) is 0 Å². The van der Waals surface area contributed by atoms with E-state index in [1.54, 1.807) is 0 Å². The van der Waals surface area contributed by atoms with Crippen molar-refractivity contribution in [1.82, 2.24) is 0 Å². The van der Waals surface area contributed by atoms with Gasteiger partial charge in [-0.05, 0) is 21.2 Å². The maximum absolute atomic E-state index is 2.17.